The first kappa shape index (κ1) is 56.3. The van der Waals surface area contributed by atoms with Gasteiger partial charge in [-0.2, -0.15) is 92.2 Å². The molecule has 0 aromatic heterocycles. The molecule has 21 heteroatoms. The summed E-state index contributed by atoms with van der Waals surface area (Å²) in [7, 11) is 0. The van der Waals surface area contributed by atoms with Gasteiger partial charge in [0.1, 0.15) is 17.8 Å². The highest BCUT2D eigenvalue weighted by molar-refractivity contribution is 4.70. The molecule has 266 valence electrons. The fourth-order valence-corrected chi connectivity index (χ4v) is 0.557. The molecule has 0 nitrogen and oxygen atoms in total. The first-order chi connectivity index (χ1) is 18.0. The first-order valence-corrected chi connectivity index (χ1v) is 11.5. The van der Waals surface area contributed by atoms with Crippen LogP contribution in [0.5, 0.6) is 0 Å². The topological polar surface area (TPSA) is 0 Å². The molecule has 0 saturated heterocycles. The first-order valence-electron chi connectivity index (χ1n) is 11.5. The van der Waals surface area contributed by atoms with Crippen molar-refractivity contribution in [3.05, 3.63) is 0 Å². The van der Waals surface area contributed by atoms with Gasteiger partial charge in [-0.05, 0) is 20.8 Å². The minimum Gasteiger partial charge on any atom is -0.171 e. The van der Waals surface area contributed by atoms with Gasteiger partial charge in [0.2, 0.25) is 0 Å². The van der Waals surface area contributed by atoms with Gasteiger partial charge in [0.05, 0.1) is 0 Å². The van der Waals surface area contributed by atoms with E-state index in [1.165, 1.54) is 0 Å². The Hall–Kier alpha value is -1.47. The highest BCUT2D eigenvalue weighted by Crippen LogP contribution is 2.40. The maximum atomic E-state index is 11.2. The molecule has 0 heterocycles. The number of halogens is 21. The third-order valence-electron chi connectivity index (χ3n) is 3.35. The summed E-state index contributed by atoms with van der Waals surface area (Å²) in [5.41, 5.74) is 0. The van der Waals surface area contributed by atoms with Gasteiger partial charge in [0, 0.05) is 6.42 Å². The Morgan fingerprint density at radius 3 is 0.381 bits per heavy atom. The molecule has 0 spiro atoms. The lowest BCUT2D eigenvalue weighted by Gasteiger charge is -2.17. The summed E-state index contributed by atoms with van der Waals surface area (Å²) >= 11 is 0. The van der Waals surface area contributed by atoms with E-state index in [2.05, 4.69) is 0 Å². The molecule has 0 atom stereocenters. The summed E-state index contributed by atoms with van der Waals surface area (Å²) in [5, 5.41) is 0. The normalized spacial score (nSPS) is 12.4. The summed E-state index contributed by atoms with van der Waals surface area (Å²) in [6, 6.07) is 0. The van der Waals surface area contributed by atoms with Crippen LogP contribution in [0.1, 0.15) is 75.7 Å². The summed E-state index contributed by atoms with van der Waals surface area (Å²) in [6.07, 6.45) is -35.8. The standard InChI is InChI=1S/3C4H4F6.C3H5F3.3C2H6/c3*1-2(3(5,6)7)4(8,9)10;1-2-3(4,5)6;3*1-2/h3*2H,1H3;2H2,1H3;3*1-2H3. The molecular weight excluding hydrogens is 651 g/mol. The van der Waals surface area contributed by atoms with E-state index < -0.39 is 67.4 Å². The van der Waals surface area contributed by atoms with Crippen molar-refractivity contribution < 1.29 is 92.2 Å². The fourth-order valence-electron chi connectivity index (χ4n) is 0.557. The second-order valence-electron chi connectivity index (χ2n) is 6.38. The van der Waals surface area contributed by atoms with Crippen molar-refractivity contribution in [2.24, 2.45) is 17.8 Å². The van der Waals surface area contributed by atoms with Crippen LogP contribution < -0.4 is 0 Å². The van der Waals surface area contributed by atoms with Crippen LogP contribution in [0.2, 0.25) is 0 Å². The van der Waals surface area contributed by atoms with Crippen LogP contribution in [0.15, 0.2) is 0 Å². The molecule has 0 N–H and O–H groups in total. The zero-order chi connectivity index (χ0) is 36.9. The predicted octanol–water partition coefficient (Wildman–Crippen LogP) is 13.3. The van der Waals surface area contributed by atoms with E-state index in [0.717, 1.165) is 6.92 Å². The van der Waals surface area contributed by atoms with Crippen molar-refractivity contribution in [3.8, 4) is 0 Å². The number of alkyl halides is 21. The molecule has 0 radical (unpaired) electrons. The average Bonchev–Trinajstić information content (AvgIpc) is 2.79. The van der Waals surface area contributed by atoms with Gasteiger partial charge in [-0.1, -0.05) is 48.5 Å². The quantitative estimate of drug-likeness (QED) is 0.223. The lowest BCUT2D eigenvalue weighted by atomic mass is 10.2. The Labute approximate surface area is 230 Å². The lowest BCUT2D eigenvalue weighted by molar-refractivity contribution is -0.279. The van der Waals surface area contributed by atoms with Crippen LogP contribution in [0.3, 0.4) is 0 Å². The van der Waals surface area contributed by atoms with Crippen LogP contribution in [0.25, 0.3) is 0 Å². The van der Waals surface area contributed by atoms with Crippen molar-refractivity contribution in [1.82, 2.24) is 0 Å². The maximum Gasteiger partial charge on any atom is 0.400 e. The van der Waals surface area contributed by atoms with Crippen LogP contribution in [-0.4, -0.2) is 43.2 Å². The van der Waals surface area contributed by atoms with Gasteiger partial charge in [0.15, 0.2) is 0 Å². The Balaban J connectivity index is -0.0000000740. The highest BCUT2D eigenvalue weighted by atomic mass is 19.4. The van der Waals surface area contributed by atoms with Crippen molar-refractivity contribution >= 4 is 0 Å². The highest BCUT2D eigenvalue weighted by Gasteiger charge is 2.54. The van der Waals surface area contributed by atoms with Crippen molar-refractivity contribution in [2.75, 3.05) is 0 Å². The van der Waals surface area contributed by atoms with E-state index in [1.54, 1.807) is 0 Å². The Kier molecular flexibility index (Phi) is 30.8. The number of hydrogen-bond donors (Lipinski definition) is 0. The molecule has 0 saturated carbocycles. The van der Waals surface area contributed by atoms with E-state index in [-0.39, 0.29) is 20.8 Å². The average molecular weight is 686 g/mol. The van der Waals surface area contributed by atoms with Gasteiger partial charge in [0.25, 0.3) is 0 Å². The fraction of sp³-hybridized carbons (Fsp3) is 1.00. The minimum atomic E-state index is -5.18. The van der Waals surface area contributed by atoms with E-state index >= 15 is 0 Å². The van der Waals surface area contributed by atoms with Crippen LogP contribution in [0, 0.1) is 17.8 Å². The molecule has 0 bridgehead atoms. The van der Waals surface area contributed by atoms with Crippen LogP contribution in [0.4, 0.5) is 92.2 Å². The lowest BCUT2D eigenvalue weighted by Crippen LogP contribution is -2.33. The molecule has 0 amide bonds. The molecule has 0 aliphatic carbocycles. The van der Waals surface area contributed by atoms with Crippen molar-refractivity contribution in [2.45, 2.75) is 119 Å². The molecule has 0 aromatic carbocycles. The molecule has 0 rings (SSSR count). The van der Waals surface area contributed by atoms with E-state index in [4.69, 9.17) is 0 Å². The van der Waals surface area contributed by atoms with E-state index in [1.807, 2.05) is 41.5 Å². The second kappa shape index (κ2) is 23.0. The second-order valence-corrected chi connectivity index (χ2v) is 6.38. The largest absolute Gasteiger partial charge is 0.400 e. The molecule has 42 heavy (non-hydrogen) atoms. The SMILES string of the molecule is CC.CC.CC.CC(C(F)(F)F)C(F)(F)F.CC(C(F)(F)F)C(F)(F)F.CC(C(F)(F)F)C(F)(F)F.CCC(F)(F)F. The zero-order valence-electron chi connectivity index (χ0n) is 23.9. The molecular formula is C21H35F21. The van der Waals surface area contributed by atoms with Gasteiger partial charge < -0.3 is 0 Å². The van der Waals surface area contributed by atoms with Gasteiger partial charge in [-0.3, -0.25) is 0 Å². The third-order valence-corrected chi connectivity index (χ3v) is 3.35. The summed E-state index contributed by atoms with van der Waals surface area (Å²) in [5.74, 6) is -9.71. The number of rotatable bonds is 0. The van der Waals surface area contributed by atoms with Gasteiger partial charge >= 0.3 is 43.2 Å². The summed E-state index contributed by atoms with van der Waals surface area (Å²) in [4.78, 5) is 0. The third kappa shape index (κ3) is 38.5. The minimum absolute atomic E-state index is 0.0833. The predicted molar refractivity (Wildman–Crippen MR) is 114 cm³/mol. The van der Waals surface area contributed by atoms with E-state index in [0.29, 0.717) is 0 Å². The molecule has 0 fully saturated rings. The Morgan fingerprint density at radius 2 is 0.381 bits per heavy atom. The molecule has 0 aliphatic heterocycles. The van der Waals surface area contributed by atoms with Crippen molar-refractivity contribution in [1.29, 1.82) is 0 Å². The zero-order valence-corrected chi connectivity index (χ0v) is 23.9. The Bertz CT molecular complexity index is 455. The smallest absolute Gasteiger partial charge is 0.171 e. The number of hydrogen-bond acceptors (Lipinski definition) is 0. The summed E-state index contributed by atoms with van der Waals surface area (Å²) < 4.78 is 234. The van der Waals surface area contributed by atoms with Crippen molar-refractivity contribution in [3.63, 3.8) is 0 Å². The van der Waals surface area contributed by atoms with Crippen LogP contribution in [-0.2, 0) is 0 Å². The molecule has 0 aromatic rings. The van der Waals surface area contributed by atoms with Gasteiger partial charge in [-0.25, -0.2) is 0 Å². The van der Waals surface area contributed by atoms with E-state index in [9.17, 15) is 92.2 Å². The monoisotopic (exact) mass is 686 g/mol. The summed E-state index contributed by atoms with van der Waals surface area (Å²) in [6.45, 7) is 13.3. The Morgan fingerprint density at radius 1 is 0.310 bits per heavy atom. The molecule has 0 aliphatic rings. The van der Waals surface area contributed by atoms with Gasteiger partial charge in [-0.15, -0.1) is 0 Å². The maximum absolute atomic E-state index is 11.2. The molecule has 0 unspecified atom stereocenters. The van der Waals surface area contributed by atoms with Crippen LogP contribution >= 0.6 is 0 Å².